The molecule has 0 aliphatic heterocycles. The molecule has 0 heterocycles. The van der Waals surface area contributed by atoms with Gasteiger partial charge in [0, 0.05) is 19.6 Å². The van der Waals surface area contributed by atoms with Gasteiger partial charge in [0.2, 0.25) is 0 Å². The van der Waals surface area contributed by atoms with Crippen LogP contribution in [-0.2, 0) is 0 Å². The highest BCUT2D eigenvalue weighted by molar-refractivity contribution is 4.56. The second-order valence-electron chi connectivity index (χ2n) is 2.46. The third kappa shape index (κ3) is 7.61. The van der Waals surface area contributed by atoms with Gasteiger partial charge in [0.25, 0.3) is 0 Å². The Morgan fingerprint density at radius 2 is 1.82 bits per heavy atom. The van der Waals surface area contributed by atoms with Crippen molar-refractivity contribution < 1.29 is 13.2 Å². The van der Waals surface area contributed by atoms with Crippen LogP contribution in [0.5, 0.6) is 0 Å². The van der Waals surface area contributed by atoms with Crippen molar-refractivity contribution in [2.24, 2.45) is 5.73 Å². The number of hydrogen-bond donors (Lipinski definition) is 1. The third-order valence-electron chi connectivity index (χ3n) is 1.29. The van der Waals surface area contributed by atoms with E-state index in [0.29, 0.717) is 13.1 Å². The Hall–Kier alpha value is -0.290. The lowest BCUT2D eigenvalue weighted by Crippen LogP contribution is -2.29. The highest BCUT2D eigenvalue weighted by atomic mass is 19.4. The molecule has 0 fully saturated rings. The van der Waals surface area contributed by atoms with Crippen LogP contribution in [-0.4, -0.2) is 37.8 Å². The maximum atomic E-state index is 11.6. The summed E-state index contributed by atoms with van der Waals surface area (Å²) < 4.78 is 34.8. The molecule has 0 bridgehead atoms. The Kier molecular flexibility index (Phi) is 4.44. The fourth-order valence-corrected chi connectivity index (χ4v) is 0.650. The van der Waals surface area contributed by atoms with Crippen LogP contribution in [0, 0.1) is 0 Å². The topological polar surface area (TPSA) is 29.3 Å². The summed E-state index contributed by atoms with van der Waals surface area (Å²) >= 11 is 0. The molecule has 0 amide bonds. The molecule has 2 nitrogen and oxygen atoms in total. The van der Waals surface area contributed by atoms with E-state index >= 15 is 0 Å². The average Bonchev–Trinajstić information content (AvgIpc) is 1.83. The van der Waals surface area contributed by atoms with Crippen LogP contribution in [0.25, 0.3) is 0 Å². The zero-order chi connectivity index (χ0) is 8.91. The molecule has 0 saturated carbocycles. The predicted octanol–water partition coefficient (Wildman–Crippen LogP) is 0.829. The van der Waals surface area contributed by atoms with Crippen molar-refractivity contribution in [3.8, 4) is 0 Å². The minimum Gasteiger partial charge on any atom is -0.329 e. The maximum absolute atomic E-state index is 11.6. The quantitative estimate of drug-likeness (QED) is 0.677. The van der Waals surface area contributed by atoms with Crippen molar-refractivity contribution in [3.05, 3.63) is 0 Å². The van der Waals surface area contributed by atoms with Gasteiger partial charge in [0.1, 0.15) is 0 Å². The number of likely N-dealkylation sites (N-methyl/N-ethyl adjacent to an activating group) is 1. The van der Waals surface area contributed by atoms with Gasteiger partial charge >= 0.3 is 6.18 Å². The first-order valence-electron chi connectivity index (χ1n) is 3.41. The Bertz CT molecular complexity index is 102. The lowest BCUT2D eigenvalue weighted by Gasteiger charge is -2.15. The summed E-state index contributed by atoms with van der Waals surface area (Å²) in [6.07, 6.45) is -4.81. The second kappa shape index (κ2) is 4.56. The highest BCUT2D eigenvalue weighted by Crippen LogP contribution is 2.19. The van der Waals surface area contributed by atoms with Crippen molar-refractivity contribution in [3.63, 3.8) is 0 Å². The molecule has 0 aromatic heterocycles. The summed E-state index contributed by atoms with van der Waals surface area (Å²) in [4.78, 5) is 1.56. The van der Waals surface area contributed by atoms with E-state index in [4.69, 9.17) is 5.73 Å². The minimum atomic E-state index is -4.05. The first kappa shape index (κ1) is 10.7. The SMILES string of the molecule is CN(CCN)CCC(F)(F)F. The minimum absolute atomic E-state index is 0.0285. The van der Waals surface area contributed by atoms with E-state index in [2.05, 4.69) is 0 Å². The molecule has 0 radical (unpaired) electrons. The molecule has 11 heavy (non-hydrogen) atoms. The van der Waals surface area contributed by atoms with Gasteiger partial charge < -0.3 is 10.6 Å². The molecular formula is C6H13F3N2. The molecule has 0 aromatic rings. The van der Waals surface area contributed by atoms with Gasteiger partial charge in [0.05, 0.1) is 6.42 Å². The first-order valence-corrected chi connectivity index (χ1v) is 3.41. The van der Waals surface area contributed by atoms with Crippen LogP contribution in [0.15, 0.2) is 0 Å². The van der Waals surface area contributed by atoms with Crippen LogP contribution in [0.4, 0.5) is 13.2 Å². The molecule has 0 saturated heterocycles. The maximum Gasteiger partial charge on any atom is 0.390 e. The van der Waals surface area contributed by atoms with Crippen molar-refractivity contribution in [1.29, 1.82) is 0 Å². The van der Waals surface area contributed by atoms with Crippen LogP contribution in [0.2, 0.25) is 0 Å². The number of halogens is 3. The van der Waals surface area contributed by atoms with Gasteiger partial charge in [-0.15, -0.1) is 0 Å². The molecule has 0 spiro atoms. The van der Waals surface area contributed by atoms with E-state index in [1.54, 1.807) is 11.9 Å². The number of nitrogens with two attached hydrogens (primary N) is 1. The number of nitrogens with zero attached hydrogens (tertiary/aromatic N) is 1. The molecule has 0 aromatic carbocycles. The number of hydrogen-bond acceptors (Lipinski definition) is 2. The van der Waals surface area contributed by atoms with Crippen molar-refractivity contribution >= 4 is 0 Å². The van der Waals surface area contributed by atoms with E-state index in [0.717, 1.165) is 0 Å². The fourth-order valence-electron chi connectivity index (χ4n) is 0.650. The van der Waals surface area contributed by atoms with Gasteiger partial charge in [-0.1, -0.05) is 0 Å². The Balaban J connectivity index is 3.38. The zero-order valence-electron chi connectivity index (χ0n) is 6.49. The van der Waals surface area contributed by atoms with Crippen molar-refractivity contribution in [2.75, 3.05) is 26.7 Å². The van der Waals surface area contributed by atoms with Crippen molar-refractivity contribution in [2.45, 2.75) is 12.6 Å². The molecule has 5 heteroatoms. The Morgan fingerprint density at radius 3 is 2.18 bits per heavy atom. The second-order valence-corrected chi connectivity index (χ2v) is 2.46. The molecule has 0 atom stereocenters. The van der Waals surface area contributed by atoms with E-state index in [1.165, 1.54) is 0 Å². The number of alkyl halides is 3. The van der Waals surface area contributed by atoms with Gasteiger partial charge in [-0.05, 0) is 7.05 Å². The predicted molar refractivity (Wildman–Crippen MR) is 37.2 cm³/mol. The van der Waals surface area contributed by atoms with Crippen LogP contribution in [0.1, 0.15) is 6.42 Å². The van der Waals surface area contributed by atoms with E-state index in [9.17, 15) is 13.2 Å². The molecule has 68 valence electrons. The molecule has 2 N–H and O–H groups in total. The summed E-state index contributed by atoms with van der Waals surface area (Å²) in [5, 5.41) is 0. The average molecular weight is 170 g/mol. The lowest BCUT2D eigenvalue weighted by atomic mass is 10.4. The normalized spacial score (nSPS) is 12.5. The summed E-state index contributed by atoms with van der Waals surface area (Å²) in [6.45, 7) is 0.936. The van der Waals surface area contributed by atoms with Crippen LogP contribution in [0.3, 0.4) is 0 Å². The summed E-state index contributed by atoms with van der Waals surface area (Å²) in [7, 11) is 1.62. The molecule has 0 unspecified atom stereocenters. The Morgan fingerprint density at radius 1 is 1.27 bits per heavy atom. The summed E-state index contributed by atoms with van der Waals surface area (Å²) in [6, 6.07) is 0. The molecule has 0 aliphatic rings. The van der Waals surface area contributed by atoms with E-state index < -0.39 is 12.6 Å². The van der Waals surface area contributed by atoms with Gasteiger partial charge in [-0.3, -0.25) is 0 Å². The summed E-state index contributed by atoms with van der Waals surface area (Å²) in [5.74, 6) is 0. The van der Waals surface area contributed by atoms with Gasteiger partial charge in [-0.2, -0.15) is 13.2 Å². The number of rotatable bonds is 4. The standard InChI is InChI=1S/C6H13F3N2/c1-11(5-3-10)4-2-6(7,8)9/h2-5,10H2,1H3. The van der Waals surface area contributed by atoms with E-state index in [1.807, 2.05) is 0 Å². The highest BCUT2D eigenvalue weighted by Gasteiger charge is 2.26. The van der Waals surface area contributed by atoms with Crippen LogP contribution < -0.4 is 5.73 Å². The Labute approximate surface area is 64.2 Å². The monoisotopic (exact) mass is 170 g/mol. The van der Waals surface area contributed by atoms with Crippen LogP contribution >= 0.6 is 0 Å². The zero-order valence-corrected chi connectivity index (χ0v) is 6.49. The molecule has 0 rings (SSSR count). The van der Waals surface area contributed by atoms with Gasteiger partial charge in [-0.25, -0.2) is 0 Å². The lowest BCUT2D eigenvalue weighted by molar-refractivity contribution is -0.137. The van der Waals surface area contributed by atoms with Crippen molar-refractivity contribution in [1.82, 2.24) is 4.90 Å². The first-order chi connectivity index (χ1) is 4.95. The summed E-state index contributed by atoms with van der Waals surface area (Å²) in [5.41, 5.74) is 5.15. The fraction of sp³-hybridized carbons (Fsp3) is 1.00. The van der Waals surface area contributed by atoms with Gasteiger partial charge in [0.15, 0.2) is 0 Å². The smallest absolute Gasteiger partial charge is 0.329 e. The largest absolute Gasteiger partial charge is 0.390 e. The van der Waals surface area contributed by atoms with E-state index in [-0.39, 0.29) is 6.54 Å². The molecule has 0 aliphatic carbocycles. The third-order valence-corrected chi connectivity index (χ3v) is 1.29. The molecular weight excluding hydrogens is 157 g/mol.